The van der Waals surface area contributed by atoms with E-state index in [0.717, 1.165) is 0 Å². The minimum Gasteiger partial charge on any atom is -0.453 e. The van der Waals surface area contributed by atoms with E-state index in [2.05, 4.69) is 25.7 Å². The number of hydrogen-bond acceptors (Lipinski definition) is 7. The third kappa shape index (κ3) is 3.95. The van der Waals surface area contributed by atoms with Crippen LogP contribution in [0.1, 0.15) is 0 Å². The van der Waals surface area contributed by atoms with Crippen LogP contribution in [0.15, 0.2) is 28.5 Å². The molecular formula is C15H19FN6O3. The highest BCUT2D eigenvalue weighted by atomic mass is 19.1. The first-order valence-electron chi connectivity index (χ1n) is 7.88. The van der Waals surface area contributed by atoms with Crippen LogP contribution in [0.5, 0.6) is 0 Å². The zero-order chi connectivity index (χ0) is 17.8. The smallest absolute Gasteiger partial charge is 0.406 e. The van der Waals surface area contributed by atoms with E-state index in [1.54, 1.807) is 22.0 Å². The molecule has 1 fully saturated rings. The minimum atomic E-state index is -0.533. The van der Waals surface area contributed by atoms with E-state index in [0.29, 0.717) is 31.0 Å². The molecule has 1 unspecified atom stereocenters. The topological polar surface area (TPSA) is 98.6 Å². The number of nitrogens with zero attached hydrogens (tertiary/aromatic N) is 4. The second-order valence-corrected chi connectivity index (χ2v) is 5.72. The van der Waals surface area contributed by atoms with Crippen molar-refractivity contribution in [1.82, 2.24) is 10.6 Å². The maximum absolute atomic E-state index is 14.5. The van der Waals surface area contributed by atoms with Crippen molar-refractivity contribution in [2.24, 2.45) is 10.3 Å². The first-order chi connectivity index (χ1) is 12.1. The van der Waals surface area contributed by atoms with Crippen molar-refractivity contribution in [3.8, 4) is 0 Å². The summed E-state index contributed by atoms with van der Waals surface area (Å²) in [7, 11) is 1.29. The van der Waals surface area contributed by atoms with Gasteiger partial charge in [0.15, 0.2) is 0 Å². The van der Waals surface area contributed by atoms with E-state index in [4.69, 9.17) is 0 Å². The van der Waals surface area contributed by atoms with Crippen LogP contribution in [0.3, 0.4) is 0 Å². The lowest BCUT2D eigenvalue weighted by Gasteiger charge is -2.29. The van der Waals surface area contributed by atoms with Gasteiger partial charge < -0.3 is 20.3 Å². The summed E-state index contributed by atoms with van der Waals surface area (Å²) in [6, 6.07) is 4.52. The number of nitrogens with one attached hydrogen (secondary N) is 2. The quantitative estimate of drug-likeness (QED) is 0.832. The molecule has 0 saturated carbocycles. The lowest BCUT2D eigenvalue weighted by Crippen LogP contribution is -2.48. The van der Waals surface area contributed by atoms with Gasteiger partial charge in [-0.2, -0.15) is 5.11 Å². The Morgan fingerprint density at radius 3 is 3.08 bits per heavy atom. The second-order valence-electron chi connectivity index (χ2n) is 5.72. The Labute approximate surface area is 143 Å². The summed E-state index contributed by atoms with van der Waals surface area (Å²) in [5.41, 5.74) is 0.950. The fourth-order valence-corrected chi connectivity index (χ4v) is 2.70. The fourth-order valence-electron chi connectivity index (χ4n) is 2.70. The number of carbonyl (C=O) groups excluding carboxylic acids is 2. The van der Waals surface area contributed by atoms with Crippen LogP contribution in [0.2, 0.25) is 0 Å². The third-order valence-corrected chi connectivity index (χ3v) is 3.98. The highest BCUT2D eigenvalue weighted by molar-refractivity contribution is 5.82. The molecule has 2 aliphatic heterocycles. The van der Waals surface area contributed by atoms with Crippen molar-refractivity contribution in [2.45, 2.75) is 6.04 Å². The van der Waals surface area contributed by atoms with Crippen LogP contribution in [0, 0.1) is 5.82 Å². The molecular weight excluding hydrogens is 331 g/mol. The highest BCUT2D eigenvalue weighted by Crippen LogP contribution is 2.27. The molecule has 2 aliphatic rings. The number of hydrogen-bond donors (Lipinski definition) is 2. The molecule has 134 valence electrons. The molecule has 25 heavy (non-hydrogen) atoms. The Hall–Kier alpha value is -2.91. The first kappa shape index (κ1) is 16.9. The van der Waals surface area contributed by atoms with Crippen molar-refractivity contribution >= 4 is 23.4 Å². The van der Waals surface area contributed by atoms with Gasteiger partial charge in [0.05, 0.1) is 31.6 Å². The number of amides is 2. The van der Waals surface area contributed by atoms with E-state index in [9.17, 15) is 14.0 Å². The van der Waals surface area contributed by atoms with Crippen LogP contribution in [0.4, 0.5) is 20.6 Å². The van der Waals surface area contributed by atoms with Crippen LogP contribution in [-0.4, -0.2) is 57.9 Å². The van der Waals surface area contributed by atoms with Crippen LogP contribution in [-0.2, 0) is 9.53 Å². The Morgan fingerprint density at radius 2 is 2.36 bits per heavy atom. The largest absolute Gasteiger partial charge is 0.453 e. The van der Waals surface area contributed by atoms with Gasteiger partial charge in [-0.25, -0.2) is 14.2 Å². The van der Waals surface area contributed by atoms with Crippen LogP contribution >= 0.6 is 0 Å². The molecule has 1 atom stereocenters. The summed E-state index contributed by atoms with van der Waals surface area (Å²) in [6.45, 7) is 1.91. The van der Waals surface area contributed by atoms with E-state index >= 15 is 0 Å². The van der Waals surface area contributed by atoms with Gasteiger partial charge in [0.25, 0.3) is 0 Å². The third-order valence-electron chi connectivity index (χ3n) is 3.98. The molecule has 9 nitrogen and oxygen atoms in total. The maximum atomic E-state index is 14.5. The molecule has 0 aliphatic carbocycles. The Bertz CT molecular complexity index is 698. The van der Waals surface area contributed by atoms with Crippen molar-refractivity contribution in [2.75, 3.05) is 49.7 Å². The predicted molar refractivity (Wildman–Crippen MR) is 88.0 cm³/mol. The van der Waals surface area contributed by atoms with Gasteiger partial charge in [0.2, 0.25) is 5.91 Å². The fraction of sp³-hybridized carbons (Fsp3) is 0.467. The lowest BCUT2D eigenvalue weighted by atomic mass is 10.2. The summed E-state index contributed by atoms with van der Waals surface area (Å²) < 4.78 is 19.0. The van der Waals surface area contributed by atoms with Crippen LogP contribution in [0.25, 0.3) is 0 Å². The van der Waals surface area contributed by atoms with Gasteiger partial charge in [0, 0.05) is 25.7 Å². The van der Waals surface area contributed by atoms with Gasteiger partial charge in [-0.15, -0.1) is 0 Å². The summed E-state index contributed by atoms with van der Waals surface area (Å²) in [6.07, 6.45) is -0.533. The maximum Gasteiger partial charge on any atom is 0.406 e. The molecule has 0 bridgehead atoms. The SMILES string of the molecule is COC(=O)NCC1CN(c2ccc(N3CCNC(=O)C3)c(F)c2)N=N1. The highest BCUT2D eigenvalue weighted by Gasteiger charge is 2.24. The number of piperazine rings is 1. The Morgan fingerprint density at radius 1 is 1.52 bits per heavy atom. The molecule has 0 radical (unpaired) electrons. The second kappa shape index (κ2) is 7.32. The molecule has 0 spiro atoms. The zero-order valence-corrected chi connectivity index (χ0v) is 13.7. The van der Waals surface area contributed by atoms with Crippen LogP contribution < -0.4 is 20.5 Å². The summed E-state index contributed by atoms with van der Waals surface area (Å²) in [4.78, 5) is 24.2. The standard InChI is InChI=1S/C15H19FN6O3/c1-25-15(24)18-7-10-8-22(20-19-10)11-2-3-13(12(16)6-11)21-5-4-17-14(23)9-21/h2-3,6,10H,4-5,7-9H2,1H3,(H,17,23)(H,18,24). The number of halogens is 1. The number of methoxy groups -OCH3 is 1. The van der Waals surface area contributed by atoms with Gasteiger partial charge in [-0.3, -0.25) is 4.79 Å². The molecule has 1 aromatic rings. The molecule has 2 amide bonds. The number of alkyl carbamates (subject to hydrolysis) is 1. The van der Waals surface area contributed by atoms with E-state index < -0.39 is 11.9 Å². The number of carbonyl (C=O) groups is 2. The average molecular weight is 350 g/mol. The van der Waals surface area contributed by atoms with Gasteiger partial charge in [-0.1, -0.05) is 5.22 Å². The lowest BCUT2D eigenvalue weighted by molar-refractivity contribution is -0.120. The van der Waals surface area contributed by atoms with Crippen molar-refractivity contribution in [3.05, 3.63) is 24.0 Å². The molecule has 3 rings (SSSR count). The van der Waals surface area contributed by atoms with Gasteiger partial charge >= 0.3 is 6.09 Å². The van der Waals surface area contributed by atoms with Crippen molar-refractivity contribution in [3.63, 3.8) is 0 Å². The van der Waals surface area contributed by atoms with Gasteiger partial charge in [-0.05, 0) is 12.1 Å². The number of benzene rings is 1. The van der Waals surface area contributed by atoms with E-state index in [-0.39, 0.29) is 25.0 Å². The first-order valence-corrected chi connectivity index (χ1v) is 7.88. The minimum absolute atomic E-state index is 0.121. The molecule has 1 aromatic carbocycles. The van der Waals surface area contributed by atoms with Crippen molar-refractivity contribution in [1.29, 1.82) is 0 Å². The van der Waals surface area contributed by atoms with E-state index in [1.807, 2.05) is 0 Å². The van der Waals surface area contributed by atoms with E-state index in [1.165, 1.54) is 13.2 Å². The Balaban J connectivity index is 1.62. The monoisotopic (exact) mass is 350 g/mol. The molecule has 0 aromatic heterocycles. The predicted octanol–water partition coefficient (Wildman–Crippen LogP) is 0.674. The molecule has 2 N–H and O–H groups in total. The van der Waals surface area contributed by atoms with Crippen molar-refractivity contribution < 1.29 is 18.7 Å². The number of ether oxygens (including phenoxy) is 1. The number of rotatable bonds is 4. The zero-order valence-electron chi connectivity index (χ0n) is 13.7. The summed E-state index contributed by atoms with van der Waals surface area (Å²) >= 11 is 0. The Kier molecular flexibility index (Phi) is 4.96. The van der Waals surface area contributed by atoms with Gasteiger partial charge in [0.1, 0.15) is 11.9 Å². The summed E-state index contributed by atoms with van der Waals surface area (Å²) in [5, 5.41) is 14.9. The molecule has 1 saturated heterocycles. The molecule has 2 heterocycles. The number of anilines is 2. The summed E-state index contributed by atoms with van der Waals surface area (Å²) in [5.74, 6) is -0.539. The normalized spacial score (nSPS) is 19.8. The molecule has 10 heteroatoms. The average Bonchev–Trinajstić information content (AvgIpc) is 3.08.